The van der Waals surface area contributed by atoms with Crippen molar-refractivity contribution in [3.63, 3.8) is 0 Å². The van der Waals surface area contributed by atoms with E-state index in [1.54, 1.807) is 0 Å². The molecule has 1 rings (SSSR count). The topological polar surface area (TPSA) is 46.3 Å². The lowest BCUT2D eigenvalue weighted by atomic mass is 10.1. The van der Waals surface area contributed by atoms with Gasteiger partial charge in [-0.1, -0.05) is 12.1 Å². The average molecular weight is 234 g/mol. The second-order valence-corrected chi connectivity index (χ2v) is 4.91. The summed E-state index contributed by atoms with van der Waals surface area (Å²) in [5, 5.41) is 0. The number of carbonyl (C=O) groups is 1. The Morgan fingerprint density at radius 2 is 1.59 bits per heavy atom. The highest BCUT2D eigenvalue weighted by Crippen LogP contribution is 2.11. The summed E-state index contributed by atoms with van der Waals surface area (Å²) >= 11 is 0. The predicted octanol–water partition coefficient (Wildman–Crippen LogP) is 2.46. The fourth-order valence-corrected chi connectivity index (χ4v) is 2.07. The lowest BCUT2D eigenvalue weighted by Crippen LogP contribution is -2.42. The third-order valence-corrected chi connectivity index (χ3v) is 2.74. The summed E-state index contributed by atoms with van der Waals surface area (Å²) in [7, 11) is 0. The van der Waals surface area contributed by atoms with E-state index in [9.17, 15) is 4.79 Å². The maximum absolute atomic E-state index is 12.2. The van der Waals surface area contributed by atoms with Crippen LogP contribution in [0.4, 0.5) is 5.69 Å². The standard InChI is InChI=1S/C14H22N2O/c1-10(2)16(11(3)4)14(17)9-12-5-7-13(15)8-6-12/h5-8,10-11H,9,15H2,1-4H3. The van der Waals surface area contributed by atoms with Gasteiger partial charge in [0, 0.05) is 17.8 Å². The molecular formula is C14H22N2O. The van der Waals surface area contributed by atoms with Crippen LogP contribution in [0.3, 0.4) is 0 Å². The fraction of sp³-hybridized carbons (Fsp3) is 0.500. The van der Waals surface area contributed by atoms with Crippen molar-refractivity contribution in [3.8, 4) is 0 Å². The summed E-state index contributed by atoms with van der Waals surface area (Å²) in [5.74, 6) is 0.166. The van der Waals surface area contributed by atoms with Gasteiger partial charge in [-0.05, 0) is 45.4 Å². The average Bonchev–Trinajstić information content (AvgIpc) is 2.20. The van der Waals surface area contributed by atoms with Gasteiger partial charge in [0.15, 0.2) is 0 Å². The molecule has 0 aromatic heterocycles. The minimum Gasteiger partial charge on any atom is -0.399 e. The van der Waals surface area contributed by atoms with Gasteiger partial charge in [-0.25, -0.2) is 0 Å². The number of nitrogens with zero attached hydrogens (tertiary/aromatic N) is 1. The van der Waals surface area contributed by atoms with Crippen LogP contribution in [0.5, 0.6) is 0 Å². The van der Waals surface area contributed by atoms with Crippen LogP contribution >= 0.6 is 0 Å². The number of anilines is 1. The predicted molar refractivity (Wildman–Crippen MR) is 71.7 cm³/mol. The quantitative estimate of drug-likeness (QED) is 0.813. The van der Waals surface area contributed by atoms with E-state index in [0.29, 0.717) is 6.42 Å². The van der Waals surface area contributed by atoms with Crippen molar-refractivity contribution in [3.05, 3.63) is 29.8 Å². The number of nitrogen functional groups attached to an aromatic ring is 1. The van der Waals surface area contributed by atoms with Crippen molar-refractivity contribution in [2.75, 3.05) is 5.73 Å². The smallest absolute Gasteiger partial charge is 0.227 e. The van der Waals surface area contributed by atoms with Crippen LogP contribution in [0.25, 0.3) is 0 Å². The van der Waals surface area contributed by atoms with E-state index < -0.39 is 0 Å². The second-order valence-electron chi connectivity index (χ2n) is 4.91. The molecule has 3 nitrogen and oxygen atoms in total. The number of benzene rings is 1. The third kappa shape index (κ3) is 3.77. The molecule has 3 heteroatoms. The third-order valence-electron chi connectivity index (χ3n) is 2.74. The van der Waals surface area contributed by atoms with Gasteiger partial charge in [0.2, 0.25) is 5.91 Å². The van der Waals surface area contributed by atoms with E-state index in [1.165, 1.54) is 0 Å². The van der Waals surface area contributed by atoms with Crippen LogP contribution in [0.15, 0.2) is 24.3 Å². The molecule has 0 spiro atoms. The zero-order valence-electron chi connectivity index (χ0n) is 11.1. The lowest BCUT2D eigenvalue weighted by molar-refractivity contribution is -0.134. The number of carbonyl (C=O) groups excluding carboxylic acids is 1. The van der Waals surface area contributed by atoms with Gasteiger partial charge >= 0.3 is 0 Å². The van der Waals surface area contributed by atoms with Gasteiger partial charge in [-0.15, -0.1) is 0 Å². The molecule has 0 aliphatic carbocycles. The van der Waals surface area contributed by atoms with E-state index in [2.05, 4.69) is 0 Å². The zero-order chi connectivity index (χ0) is 13.0. The van der Waals surface area contributed by atoms with Gasteiger partial charge < -0.3 is 10.6 Å². The van der Waals surface area contributed by atoms with Crippen LogP contribution in [0, 0.1) is 0 Å². The molecule has 0 radical (unpaired) electrons. The molecule has 0 aliphatic heterocycles. The summed E-state index contributed by atoms with van der Waals surface area (Å²) in [6, 6.07) is 7.95. The summed E-state index contributed by atoms with van der Waals surface area (Å²) in [6.45, 7) is 8.17. The molecule has 0 bridgehead atoms. The van der Waals surface area contributed by atoms with Crippen molar-refractivity contribution < 1.29 is 4.79 Å². The Labute approximate surface area is 104 Å². The van der Waals surface area contributed by atoms with Gasteiger partial charge in [0.05, 0.1) is 6.42 Å². The molecule has 0 saturated heterocycles. The highest BCUT2D eigenvalue weighted by Gasteiger charge is 2.19. The summed E-state index contributed by atoms with van der Waals surface area (Å²) < 4.78 is 0. The number of amides is 1. The van der Waals surface area contributed by atoms with Crippen molar-refractivity contribution in [1.29, 1.82) is 0 Å². The van der Waals surface area contributed by atoms with Crippen LogP contribution in [0.1, 0.15) is 33.3 Å². The van der Waals surface area contributed by atoms with Gasteiger partial charge in [0.25, 0.3) is 0 Å². The first-order valence-corrected chi connectivity index (χ1v) is 6.07. The lowest BCUT2D eigenvalue weighted by Gasteiger charge is -2.30. The molecule has 17 heavy (non-hydrogen) atoms. The molecule has 1 aromatic rings. The molecule has 0 unspecified atom stereocenters. The van der Waals surface area contributed by atoms with Crippen molar-refractivity contribution in [1.82, 2.24) is 4.90 Å². The Kier molecular flexibility index (Phi) is 4.55. The van der Waals surface area contributed by atoms with E-state index in [4.69, 9.17) is 5.73 Å². The Morgan fingerprint density at radius 3 is 2.00 bits per heavy atom. The minimum absolute atomic E-state index is 0.166. The molecule has 0 fully saturated rings. The van der Waals surface area contributed by atoms with Crippen LogP contribution in [-0.2, 0) is 11.2 Å². The van der Waals surface area contributed by atoms with Crippen LogP contribution in [-0.4, -0.2) is 22.9 Å². The van der Waals surface area contributed by atoms with Crippen molar-refractivity contribution >= 4 is 11.6 Å². The second kappa shape index (κ2) is 5.71. The van der Waals surface area contributed by atoms with Crippen LogP contribution in [0.2, 0.25) is 0 Å². The van der Waals surface area contributed by atoms with Crippen molar-refractivity contribution in [2.45, 2.75) is 46.2 Å². The van der Waals surface area contributed by atoms with E-state index >= 15 is 0 Å². The van der Waals surface area contributed by atoms with E-state index in [1.807, 2.05) is 56.9 Å². The number of nitrogens with two attached hydrogens (primary N) is 1. The van der Waals surface area contributed by atoms with Gasteiger partial charge in [-0.2, -0.15) is 0 Å². The maximum atomic E-state index is 12.2. The number of hydrogen-bond acceptors (Lipinski definition) is 2. The zero-order valence-corrected chi connectivity index (χ0v) is 11.1. The highest BCUT2D eigenvalue weighted by atomic mass is 16.2. The first-order chi connectivity index (χ1) is 7.91. The molecule has 0 atom stereocenters. The molecule has 0 heterocycles. The summed E-state index contributed by atoms with van der Waals surface area (Å²) in [6.07, 6.45) is 0.441. The molecule has 1 amide bonds. The molecule has 94 valence electrons. The molecule has 1 aromatic carbocycles. The Morgan fingerprint density at radius 1 is 1.12 bits per heavy atom. The number of hydrogen-bond donors (Lipinski definition) is 1. The highest BCUT2D eigenvalue weighted by molar-refractivity contribution is 5.79. The minimum atomic E-state index is 0.166. The van der Waals surface area contributed by atoms with E-state index in [0.717, 1.165) is 11.3 Å². The Hall–Kier alpha value is -1.51. The molecule has 0 aliphatic rings. The maximum Gasteiger partial charge on any atom is 0.227 e. The summed E-state index contributed by atoms with van der Waals surface area (Å²) in [4.78, 5) is 14.1. The first kappa shape index (κ1) is 13.6. The normalized spacial score (nSPS) is 10.9. The van der Waals surface area contributed by atoms with Crippen LogP contribution < -0.4 is 5.73 Å². The SMILES string of the molecule is CC(C)N(C(=O)Cc1ccc(N)cc1)C(C)C. The first-order valence-electron chi connectivity index (χ1n) is 6.07. The van der Waals surface area contributed by atoms with E-state index in [-0.39, 0.29) is 18.0 Å². The number of rotatable bonds is 4. The largest absolute Gasteiger partial charge is 0.399 e. The van der Waals surface area contributed by atoms with Crippen molar-refractivity contribution in [2.24, 2.45) is 0 Å². The molecule has 2 N–H and O–H groups in total. The monoisotopic (exact) mass is 234 g/mol. The Bertz CT molecular complexity index is 360. The fourth-order valence-electron chi connectivity index (χ4n) is 2.07. The van der Waals surface area contributed by atoms with Gasteiger partial charge in [-0.3, -0.25) is 4.79 Å². The van der Waals surface area contributed by atoms with Gasteiger partial charge in [0.1, 0.15) is 0 Å². The molecule has 0 saturated carbocycles. The molecular weight excluding hydrogens is 212 g/mol. The Balaban J connectivity index is 2.73. The summed E-state index contributed by atoms with van der Waals surface area (Å²) in [5.41, 5.74) is 7.36.